The van der Waals surface area contributed by atoms with Gasteiger partial charge >= 0.3 is 0 Å². The second-order valence-electron chi connectivity index (χ2n) is 7.64. The summed E-state index contributed by atoms with van der Waals surface area (Å²) < 4.78 is 57.6. The largest absolute Gasteiger partial charge is 0.488 e. The lowest BCUT2D eigenvalue weighted by atomic mass is 10.1. The third kappa shape index (κ3) is 6.26. The molecule has 0 unspecified atom stereocenters. The lowest BCUT2D eigenvalue weighted by molar-refractivity contribution is 0.0796. The van der Waals surface area contributed by atoms with Gasteiger partial charge < -0.3 is 30.2 Å². The first-order chi connectivity index (χ1) is 17.3. The van der Waals surface area contributed by atoms with E-state index >= 15 is 4.39 Å². The number of hydrogen-bond donors (Lipinski definition) is 2. The number of alkyl halides is 2. The van der Waals surface area contributed by atoms with Gasteiger partial charge in [0.25, 0.3) is 11.8 Å². The molecule has 0 bridgehead atoms. The highest BCUT2D eigenvalue weighted by atomic mass is 19.1. The van der Waals surface area contributed by atoms with Crippen LogP contribution in [0.2, 0.25) is 0 Å². The molecule has 0 spiro atoms. The lowest BCUT2D eigenvalue weighted by Gasteiger charge is -2.16. The number of nitrogens with two attached hydrogens (primary N) is 1. The monoisotopic (exact) mass is 506 g/mol. The van der Waals surface area contributed by atoms with Crippen molar-refractivity contribution in [2.45, 2.75) is 6.10 Å². The van der Waals surface area contributed by atoms with Gasteiger partial charge in [-0.3, -0.25) is 9.59 Å². The first-order valence-electron chi connectivity index (χ1n) is 10.8. The molecule has 36 heavy (non-hydrogen) atoms. The summed E-state index contributed by atoms with van der Waals surface area (Å²) in [6.45, 7) is -1.90. The molecule has 9 nitrogen and oxygen atoms in total. The highest BCUT2D eigenvalue weighted by Crippen LogP contribution is 2.36. The lowest BCUT2D eigenvalue weighted by Crippen LogP contribution is -2.27. The van der Waals surface area contributed by atoms with Gasteiger partial charge in [0.1, 0.15) is 37.3 Å². The second-order valence-corrected chi connectivity index (χ2v) is 7.64. The van der Waals surface area contributed by atoms with Crippen molar-refractivity contribution in [1.29, 1.82) is 0 Å². The van der Waals surface area contributed by atoms with Crippen LogP contribution in [0.15, 0.2) is 47.6 Å². The summed E-state index contributed by atoms with van der Waals surface area (Å²) in [5.74, 6) is -3.05. The quantitative estimate of drug-likeness (QED) is 0.397. The number of amidine groups is 1. The molecule has 2 aromatic carbocycles. The molecule has 0 aliphatic carbocycles. The number of fused-ring (bicyclic) bond motifs is 1. The third-order valence-corrected chi connectivity index (χ3v) is 4.97. The van der Waals surface area contributed by atoms with Gasteiger partial charge in [-0.05, 0) is 36.5 Å². The van der Waals surface area contributed by atoms with Gasteiger partial charge in [0.05, 0.1) is 12.1 Å². The normalized spacial score (nSPS) is 13.9. The van der Waals surface area contributed by atoms with Gasteiger partial charge in [-0.2, -0.15) is 9.38 Å². The maximum Gasteiger partial charge on any atom is 0.279 e. The SMILES string of the molecule is CN/C=C\C(N)=NC(=O)c1cc(Oc2ccc3c(c2F)OCCN(C)C3=O)cc(OC(CF)CF)c1. The van der Waals surface area contributed by atoms with E-state index in [0.717, 1.165) is 0 Å². The van der Waals surface area contributed by atoms with E-state index in [1.165, 1.54) is 47.5 Å². The number of halogens is 3. The number of likely N-dealkylation sites (N-methyl/N-ethyl adjacent to an activating group) is 1. The van der Waals surface area contributed by atoms with Gasteiger partial charge in [0.15, 0.2) is 17.6 Å². The Labute approximate surface area is 205 Å². The zero-order valence-electron chi connectivity index (χ0n) is 19.6. The van der Waals surface area contributed by atoms with Gasteiger partial charge in [0.2, 0.25) is 5.82 Å². The van der Waals surface area contributed by atoms with E-state index < -0.39 is 37.1 Å². The van der Waals surface area contributed by atoms with E-state index in [1.54, 1.807) is 14.1 Å². The van der Waals surface area contributed by atoms with Crippen molar-refractivity contribution in [3.05, 3.63) is 59.6 Å². The third-order valence-electron chi connectivity index (χ3n) is 4.97. The Morgan fingerprint density at radius 2 is 2.00 bits per heavy atom. The predicted octanol–water partition coefficient (Wildman–Crippen LogP) is 3.00. The van der Waals surface area contributed by atoms with Gasteiger partial charge in [-0.25, -0.2) is 8.78 Å². The molecule has 0 atom stereocenters. The first kappa shape index (κ1) is 26.4. The summed E-state index contributed by atoms with van der Waals surface area (Å²) in [5.41, 5.74) is 5.62. The molecule has 3 N–H and O–H groups in total. The van der Waals surface area contributed by atoms with Crippen molar-refractivity contribution in [3.8, 4) is 23.0 Å². The van der Waals surface area contributed by atoms with Crippen LogP contribution >= 0.6 is 0 Å². The highest BCUT2D eigenvalue weighted by Gasteiger charge is 2.26. The number of benzene rings is 2. The smallest absolute Gasteiger partial charge is 0.279 e. The number of aliphatic imine (C=N–C) groups is 1. The molecule has 3 rings (SSSR count). The standard InChI is InChI=1S/C24H25F3N4O5/c1-29-6-5-20(28)30-23(32)14-9-15(35-17(12-25)13-26)11-16(10-14)36-19-4-3-18-22(21(19)27)34-8-7-31(2)24(18)33/h3-6,9-11,17,29H,7-8,12-13H2,1-2H3,(H2,28,30,32)/b6-5-. The Morgan fingerprint density at radius 3 is 2.69 bits per heavy atom. The zero-order chi connectivity index (χ0) is 26.2. The van der Waals surface area contributed by atoms with E-state index in [-0.39, 0.29) is 53.1 Å². The molecule has 2 amide bonds. The summed E-state index contributed by atoms with van der Waals surface area (Å²) in [7, 11) is 3.20. The molecular formula is C24H25F3N4O5. The second kappa shape index (κ2) is 12.0. The number of nitrogens with zero attached hydrogens (tertiary/aromatic N) is 2. The fourth-order valence-electron chi connectivity index (χ4n) is 3.15. The zero-order valence-corrected chi connectivity index (χ0v) is 19.6. The predicted molar refractivity (Wildman–Crippen MR) is 126 cm³/mol. The van der Waals surface area contributed by atoms with E-state index in [1.807, 2.05) is 0 Å². The molecule has 1 aliphatic heterocycles. The van der Waals surface area contributed by atoms with Crippen LogP contribution in [0.5, 0.6) is 23.0 Å². The average molecular weight is 506 g/mol. The van der Waals surface area contributed by atoms with E-state index in [4.69, 9.17) is 19.9 Å². The number of carbonyl (C=O) groups excluding carboxylic acids is 2. The average Bonchev–Trinajstić information content (AvgIpc) is 3.01. The van der Waals surface area contributed by atoms with Crippen molar-refractivity contribution >= 4 is 17.6 Å². The Balaban J connectivity index is 1.99. The molecule has 12 heteroatoms. The number of nitrogens with one attached hydrogen (secondary N) is 1. The van der Waals surface area contributed by atoms with Crippen molar-refractivity contribution in [3.63, 3.8) is 0 Å². The molecule has 0 radical (unpaired) electrons. The summed E-state index contributed by atoms with van der Waals surface area (Å²) in [4.78, 5) is 30.2. The minimum atomic E-state index is -1.42. The fourth-order valence-corrected chi connectivity index (χ4v) is 3.15. The number of ether oxygens (including phenoxy) is 3. The van der Waals surface area contributed by atoms with Crippen LogP contribution in [0.1, 0.15) is 20.7 Å². The molecule has 0 fully saturated rings. The number of hydrogen-bond acceptors (Lipinski definition) is 6. The molecule has 1 aliphatic rings. The maximum atomic E-state index is 15.2. The Hall–Kier alpha value is -4.22. The fraction of sp³-hybridized carbons (Fsp3) is 0.292. The first-order valence-corrected chi connectivity index (χ1v) is 10.8. The van der Waals surface area contributed by atoms with Crippen LogP contribution in [0.4, 0.5) is 13.2 Å². The van der Waals surface area contributed by atoms with Crippen molar-refractivity contribution < 1.29 is 37.0 Å². The molecule has 0 saturated heterocycles. The summed E-state index contributed by atoms with van der Waals surface area (Å²) >= 11 is 0. The van der Waals surface area contributed by atoms with Crippen LogP contribution in [0, 0.1) is 5.82 Å². The Kier molecular flexibility index (Phi) is 8.76. The molecule has 2 aromatic rings. The minimum Gasteiger partial charge on any atom is -0.488 e. The van der Waals surface area contributed by atoms with E-state index in [9.17, 15) is 18.4 Å². The molecular weight excluding hydrogens is 481 g/mol. The van der Waals surface area contributed by atoms with Crippen LogP contribution in [-0.2, 0) is 0 Å². The van der Waals surface area contributed by atoms with Crippen LogP contribution in [0.25, 0.3) is 0 Å². The number of rotatable bonds is 9. The van der Waals surface area contributed by atoms with Crippen molar-refractivity contribution in [2.75, 3.05) is 40.6 Å². The van der Waals surface area contributed by atoms with Crippen molar-refractivity contribution in [1.82, 2.24) is 10.2 Å². The van der Waals surface area contributed by atoms with Crippen molar-refractivity contribution in [2.24, 2.45) is 10.7 Å². The van der Waals surface area contributed by atoms with Gasteiger partial charge in [-0.1, -0.05) is 0 Å². The maximum absolute atomic E-state index is 15.2. The number of amides is 2. The molecule has 1 heterocycles. The molecule has 192 valence electrons. The van der Waals surface area contributed by atoms with Crippen LogP contribution in [-0.4, -0.2) is 69.3 Å². The van der Waals surface area contributed by atoms with E-state index in [2.05, 4.69) is 10.3 Å². The summed E-state index contributed by atoms with van der Waals surface area (Å²) in [5, 5.41) is 2.69. The van der Waals surface area contributed by atoms with Crippen LogP contribution in [0.3, 0.4) is 0 Å². The number of carbonyl (C=O) groups is 2. The molecule has 0 saturated carbocycles. The van der Waals surface area contributed by atoms with Crippen LogP contribution < -0.4 is 25.3 Å². The van der Waals surface area contributed by atoms with Gasteiger partial charge in [-0.15, -0.1) is 0 Å². The summed E-state index contributed by atoms with van der Waals surface area (Å²) in [6.07, 6.45) is 1.39. The minimum absolute atomic E-state index is 0.0287. The van der Waals surface area contributed by atoms with E-state index in [0.29, 0.717) is 0 Å². The highest BCUT2D eigenvalue weighted by molar-refractivity contribution is 6.06. The summed E-state index contributed by atoms with van der Waals surface area (Å²) in [6, 6.07) is 6.25. The van der Waals surface area contributed by atoms with Gasteiger partial charge in [0, 0.05) is 25.7 Å². The Morgan fingerprint density at radius 1 is 1.28 bits per heavy atom. The Bertz CT molecular complexity index is 1180. The topological polar surface area (TPSA) is 115 Å². The molecule has 0 aromatic heterocycles.